The van der Waals surface area contributed by atoms with Crippen LogP contribution in [-0.2, 0) is 0 Å². The van der Waals surface area contributed by atoms with Gasteiger partial charge in [0.2, 0.25) is 0 Å². The lowest BCUT2D eigenvalue weighted by Gasteiger charge is -2.24. The second kappa shape index (κ2) is 5.90. The molecule has 0 saturated heterocycles. The molecule has 0 aliphatic carbocycles. The average Bonchev–Trinajstić information content (AvgIpc) is 2.36. The van der Waals surface area contributed by atoms with Crippen LogP contribution in [0.3, 0.4) is 0 Å². The van der Waals surface area contributed by atoms with Crippen molar-refractivity contribution in [1.82, 2.24) is 0 Å². The molecule has 0 fully saturated rings. The molecule has 2 aromatic rings. The highest BCUT2D eigenvalue weighted by Crippen LogP contribution is 2.33. The Balaban J connectivity index is 2.48. The van der Waals surface area contributed by atoms with Crippen LogP contribution in [0.2, 0.25) is 0 Å². The Morgan fingerprint density at radius 3 is 1.90 bits per heavy atom. The van der Waals surface area contributed by atoms with Gasteiger partial charge in [-0.1, -0.05) is 43.7 Å². The minimum Gasteiger partial charge on any atom is -0.283 e. The summed E-state index contributed by atoms with van der Waals surface area (Å²) in [7, 11) is 0. The molecule has 0 heterocycles. The molecule has 0 saturated carbocycles. The zero-order chi connectivity index (χ0) is 15.7. The topological polar surface area (TPSA) is 23.5 Å². The quantitative estimate of drug-likeness (QED) is 0.744. The molecule has 0 bridgehead atoms. The maximum absolute atomic E-state index is 10.7. The minimum absolute atomic E-state index is 0.493. The van der Waals surface area contributed by atoms with E-state index in [0.29, 0.717) is 5.92 Å². The van der Waals surface area contributed by atoms with E-state index in [-0.39, 0.29) is 0 Å². The lowest BCUT2D eigenvalue weighted by atomic mass is 9.99. The van der Waals surface area contributed by atoms with Crippen LogP contribution in [0.5, 0.6) is 0 Å². The first-order chi connectivity index (χ1) is 9.81. The molecule has 2 heteroatoms. The molecule has 0 unspecified atom stereocenters. The number of nitrogens with zero attached hydrogens (tertiary/aromatic N) is 1. The average molecular weight is 283 g/mol. The molecule has 112 valence electrons. The Bertz CT molecular complexity index is 636. The summed E-state index contributed by atoms with van der Waals surface area (Å²) in [5.74, 6) is 0.493. The number of hydrogen-bond acceptors (Lipinski definition) is 2. The van der Waals surface area contributed by atoms with Gasteiger partial charge in [-0.15, -0.1) is 0 Å². The lowest BCUT2D eigenvalue weighted by molar-refractivity contribution is 0.299. The molecular formula is C19H25NO. The molecule has 0 spiro atoms. The predicted molar refractivity (Wildman–Crippen MR) is 89.8 cm³/mol. The molecule has 1 N–H and O–H groups in total. The molecule has 2 aromatic carbocycles. The van der Waals surface area contributed by atoms with Gasteiger partial charge < -0.3 is 0 Å². The molecule has 21 heavy (non-hydrogen) atoms. The zero-order valence-electron chi connectivity index (χ0n) is 13.9. The third-order valence-electron chi connectivity index (χ3n) is 3.96. The van der Waals surface area contributed by atoms with E-state index in [0.717, 1.165) is 28.1 Å². The second-order valence-corrected chi connectivity index (χ2v) is 6.26. The maximum Gasteiger partial charge on any atom is 0.0751 e. The summed E-state index contributed by atoms with van der Waals surface area (Å²) >= 11 is 0. The molecule has 0 aromatic heterocycles. The Hall–Kier alpha value is -1.80. The van der Waals surface area contributed by atoms with Crippen LogP contribution in [0, 0.1) is 27.7 Å². The highest BCUT2D eigenvalue weighted by molar-refractivity contribution is 5.69. The number of rotatable bonds is 3. The van der Waals surface area contributed by atoms with Crippen molar-refractivity contribution >= 4 is 11.4 Å². The van der Waals surface area contributed by atoms with Gasteiger partial charge in [-0.2, -0.15) is 0 Å². The second-order valence-electron chi connectivity index (χ2n) is 6.26. The third kappa shape index (κ3) is 3.11. The van der Waals surface area contributed by atoms with E-state index >= 15 is 0 Å². The van der Waals surface area contributed by atoms with Crippen LogP contribution in [-0.4, -0.2) is 5.21 Å². The molecule has 0 aliphatic rings. The largest absolute Gasteiger partial charge is 0.283 e. The summed E-state index contributed by atoms with van der Waals surface area (Å²) < 4.78 is 0. The number of benzene rings is 2. The van der Waals surface area contributed by atoms with Crippen molar-refractivity contribution in [3.8, 4) is 0 Å². The summed E-state index contributed by atoms with van der Waals surface area (Å²) in [6.45, 7) is 12.6. The number of aryl methyl sites for hydroxylation is 4. The van der Waals surface area contributed by atoms with E-state index in [2.05, 4.69) is 45.0 Å². The van der Waals surface area contributed by atoms with Crippen LogP contribution in [0.25, 0.3) is 0 Å². The summed E-state index contributed by atoms with van der Waals surface area (Å²) in [6, 6.07) is 10.5. The Kier molecular flexibility index (Phi) is 4.38. The van der Waals surface area contributed by atoms with Crippen LogP contribution in [0.1, 0.15) is 47.6 Å². The summed E-state index contributed by atoms with van der Waals surface area (Å²) in [5, 5.41) is 12.0. The molecule has 0 amide bonds. The number of anilines is 2. The SMILES string of the molecule is Cc1cc(C)c(N(O)c2ccc(C(C)C)cc2C)c(C)c1. The van der Waals surface area contributed by atoms with E-state index in [9.17, 15) is 5.21 Å². The first-order valence-corrected chi connectivity index (χ1v) is 7.48. The van der Waals surface area contributed by atoms with E-state index in [1.165, 1.54) is 16.2 Å². The molecule has 0 atom stereocenters. The number of hydrogen-bond donors (Lipinski definition) is 1. The minimum atomic E-state index is 0.493. The fraction of sp³-hybridized carbons (Fsp3) is 0.368. The summed E-state index contributed by atoms with van der Waals surface area (Å²) in [4.78, 5) is 0. The van der Waals surface area contributed by atoms with Crippen molar-refractivity contribution in [3.05, 3.63) is 58.1 Å². The molecule has 0 aliphatic heterocycles. The van der Waals surface area contributed by atoms with Crippen LogP contribution in [0.15, 0.2) is 30.3 Å². The molecule has 2 rings (SSSR count). The Morgan fingerprint density at radius 1 is 0.857 bits per heavy atom. The van der Waals surface area contributed by atoms with Gasteiger partial charge in [0.15, 0.2) is 0 Å². The maximum atomic E-state index is 10.7. The van der Waals surface area contributed by atoms with Crippen molar-refractivity contribution in [3.63, 3.8) is 0 Å². The van der Waals surface area contributed by atoms with Gasteiger partial charge in [0.25, 0.3) is 0 Å². The van der Waals surface area contributed by atoms with Crippen molar-refractivity contribution in [2.45, 2.75) is 47.5 Å². The van der Waals surface area contributed by atoms with Gasteiger partial charge in [0, 0.05) is 0 Å². The van der Waals surface area contributed by atoms with Gasteiger partial charge in [0.05, 0.1) is 11.4 Å². The van der Waals surface area contributed by atoms with E-state index in [1.807, 2.05) is 26.8 Å². The molecular weight excluding hydrogens is 258 g/mol. The van der Waals surface area contributed by atoms with E-state index < -0.39 is 0 Å². The third-order valence-corrected chi connectivity index (χ3v) is 3.96. The fourth-order valence-corrected chi connectivity index (χ4v) is 2.90. The molecule has 2 nitrogen and oxygen atoms in total. The van der Waals surface area contributed by atoms with Gasteiger partial charge in [-0.05, 0) is 61.9 Å². The van der Waals surface area contributed by atoms with Crippen molar-refractivity contribution < 1.29 is 5.21 Å². The smallest absolute Gasteiger partial charge is 0.0751 e. The first-order valence-electron chi connectivity index (χ1n) is 7.48. The Labute approximate surface area is 128 Å². The highest BCUT2D eigenvalue weighted by atomic mass is 16.5. The lowest BCUT2D eigenvalue weighted by Crippen LogP contribution is -2.15. The molecule has 0 radical (unpaired) electrons. The zero-order valence-corrected chi connectivity index (χ0v) is 13.9. The summed E-state index contributed by atoms with van der Waals surface area (Å²) in [5.41, 5.74) is 7.49. The highest BCUT2D eigenvalue weighted by Gasteiger charge is 2.15. The van der Waals surface area contributed by atoms with Gasteiger partial charge >= 0.3 is 0 Å². The van der Waals surface area contributed by atoms with E-state index in [4.69, 9.17) is 0 Å². The van der Waals surface area contributed by atoms with Crippen LogP contribution in [0.4, 0.5) is 11.4 Å². The van der Waals surface area contributed by atoms with Gasteiger partial charge in [-0.25, -0.2) is 5.06 Å². The normalized spacial score (nSPS) is 11.0. The van der Waals surface area contributed by atoms with Gasteiger partial charge in [0.1, 0.15) is 0 Å². The fourth-order valence-electron chi connectivity index (χ4n) is 2.90. The van der Waals surface area contributed by atoms with Gasteiger partial charge in [-0.3, -0.25) is 5.21 Å². The van der Waals surface area contributed by atoms with Crippen LogP contribution < -0.4 is 5.06 Å². The van der Waals surface area contributed by atoms with Crippen molar-refractivity contribution in [1.29, 1.82) is 0 Å². The standard InChI is InChI=1S/C19H25NO/c1-12(2)17-7-8-18(14(4)11-17)20(21)19-15(5)9-13(3)10-16(19)6/h7-12,21H,1-6H3. The monoisotopic (exact) mass is 283 g/mol. The Morgan fingerprint density at radius 2 is 1.43 bits per heavy atom. The predicted octanol–water partition coefficient (Wildman–Crippen LogP) is 5.57. The summed E-state index contributed by atoms with van der Waals surface area (Å²) in [6.07, 6.45) is 0. The van der Waals surface area contributed by atoms with Crippen LogP contribution >= 0.6 is 0 Å². The van der Waals surface area contributed by atoms with Crippen molar-refractivity contribution in [2.24, 2.45) is 0 Å². The van der Waals surface area contributed by atoms with Crippen molar-refractivity contribution in [2.75, 3.05) is 5.06 Å². The first kappa shape index (κ1) is 15.6. The van der Waals surface area contributed by atoms with E-state index in [1.54, 1.807) is 0 Å².